The molecule has 0 radical (unpaired) electrons. The third-order valence-electron chi connectivity index (χ3n) is 3.30. The van der Waals surface area contributed by atoms with Crippen LogP contribution in [0.5, 0.6) is 5.75 Å². The van der Waals surface area contributed by atoms with E-state index in [0.29, 0.717) is 5.56 Å². The third kappa shape index (κ3) is 7.08. The van der Waals surface area contributed by atoms with Gasteiger partial charge in [-0.15, -0.1) is 13.2 Å². The van der Waals surface area contributed by atoms with Crippen molar-refractivity contribution in [2.45, 2.75) is 19.0 Å². The molecule has 0 aliphatic rings. The van der Waals surface area contributed by atoms with Crippen LogP contribution in [0.2, 0.25) is 0 Å². The van der Waals surface area contributed by atoms with Gasteiger partial charge in [-0.25, -0.2) is 4.79 Å². The molecule has 10 heteroatoms. The first kappa shape index (κ1) is 20.4. The van der Waals surface area contributed by atoms with Gasteiger partial charge in [0, 0.05) is 12.2 Å². The molecule has 0 heterocycles. The average Bonchev–Trinajstić information content (AvgIpc) is 2.55. The SMILES string of the molecule is O=C(NCCc1cccc(C(F)(F)F)c1)Nc1ccc(OC(F)(F)F)cc1. The third-order valence-corrected chi connectivity index (χ3v) is 3.30. The lowest BCUT2D eigenvalue weighted by atomic mass is 10.1. The fraction of sp³-hybridized carbons (Fsp3) is 0.235. The Morgan fingerprint density at radius 3 is 2.22 bits per heavy atom. The van der Waals surface area contributed by atoms with Crippen molar-refractivity contribution in [3.05, 3.63) is 59.7 Å². The Balaban J connectivity index is 1.81. The zero-order valence-corrected chi connectivity index (χ0v) is 13.6. The zero-order chi connectivity index (χ0) is 20.1. The van der Waals surface area contributed by atoms with Crippen molar-refractivity contribution in [1.82, 2.24) is 5.32 Å². The summed E-state index contributed by atoms with van der Waals surface area (Å²) in [5.41, 5.74) is -0.148. The Morgan fingerprint density at radius 2 is 1.63 bits per heavy atom. The maximum Gasteiger partial charge on any atom is 0.573 e. The molecule has 0 fully saturated rings. The number of rotatable bonds is 5. The van der Waals surface area contributed by atoms with Crippen molar-refractivity contribution < 1.29 is 35.9 Å². The van der Waals surface area contributed by atoms with E-state index in [1.807, 2.05) is 0 Å². The number of nitrogens with one attached hydrogen (secondary N) is 2. The summed E-state index contributed by atoms with van der Waals surface area (Å²) in [4.78, 5) is 11.7. The maximum atomic E-state index is 12.6. The summed E-state index contributed by atoms with van der Waals surface area (Å²) in [7, 11) is 0. The normalized spacial score (nSPS) is 11.8. The van der Waals surface area contributed by atoms with Gasteiger partial charge in [0.2, 0.25) is 0 Å². The molecule has 0 spiro atoms. The Bertz CT molecular complexity index is 772. The van der Waals surface area contributed by atoms with E-state index in [1.54, 1.807) is 0 Å². The lowest BCUT2D eigenvalue weighted by Crippen LogP contribution is -2.30. The Labute approximate surface area is 150 Å². The number of alkyl halides is 6. The second-order valence-electron chi connectivity index (χ2n) is 5.40. The Kier molecular flexibility index (Phi) is 6.19. The van der Waals surface area contributed by atoms with Crippen LogP contribution in [0.15, 0.2) is 48.5 Å². The van der Waals surface area contributed by atoms with E-state index in [0.717, 1.165) is 24.3 Å². The largest absolute Gasteiger partial charge is 0.573 e. The number of carbonyl (C=O) groups is 1. The Hall–Kier alpha value is -2.91. The number of urea groups is 1. The van der Waals surface area contributed by atoms with Crippen molar-refractivity contribution in [2.75, 3.05) is 11.9 Å². The molecule has 0 saturated heterocycles. The van der Waals surface area contributed by atoms with Gasteiger partial charge in [0.25, 0.3) is 0 Å². The first-order chi connectivity index (χ1) is 12.5. The van der Waals surface area contributed by atoms with Gasteiger partial charge in [-0.1, -0.05) is 18.2 Å². The maximum absolute atomic E-state index is 12.6. The van der Waals surface area contributed by atoms with Crippen molar-refractivity contribution in [3.8, 4) is 5.75 Å². The number of amides is 2. The summed E-state index contributed by atoms with van der Waals surface area (Å²) in [6.45, 7) is 0.0718. The lowest BCUT2D eigenvalue weighted by Gasteiger charge is -2.11. The molecular formula is C17H14F6N2O2. The number of anilines is 1. The summed E-state index contributed by atoms with van der Waals surface area (Å²) in [5.74, 6) is -0.432. The molecule has 0 unspecified atom stereocenters. The predicted molar refractivity (Wildman–Crippen MR) is 85.3 cm³/mol. The number of hydrogen-bond acceptors (Lipinski definition) is 2. The summed E-state index contributed by atoms with van der Waals surface area (Å²) in [6.07, 6.45) is -9.08. The molecule has 146 valence electrons. The van der Waals surface area contributed by atoms with Gasteiger partial charge in [-0.2, -0.15) is 13.2 Å². The van der Waals surface area contributed by atoms with Crippen LogP contribution >= 0.6 is 0 Å². The summed E-state index contributed by atoms with van der Waals surface area (Å²) < 4.78 is 77.8. The van der Waals surface area contributed by atoms with Gasteiger partial charge in [-0.3, -0.25) is 0 Å². The van der Waals surface area contributed by atoms with Gasteiger partial charge in [-0.05, 0) is 42.3 Å². The van der Waals surface area contributed by atoms with E-state index < -0.39 is 29.9 Å². The number of ether oxygens (including phenoxy) is 1. The Morgan fingerprint density at radius 1 is 0.963 bits per heavy atom. The van der Waals surface area contributed by atoms with E-state index in [1.165, 1.54) is 24.3 Å². The second-order valence-corrected chi connectivity index (χ2v) is 5.40. The number of hydrogen-bond donors (Lipinski definition) is 2. The van der Waals surface area contributed by atoms with Gasteiger partial charge in [0.1, 0.15) is 5.75 Å². The zero-order valence-electron chi connectivity index (χ0n) is 13.6. The molecule has 27 heavy (non-hydrogen) atoms. The highest BCUT2D eigenvalue weighted by atomic mass is 19.4. The highest BCUT2D eigenvalue weighted by molar-refractivity contribution is 5.89. The van der Waals surface area contributed by atoms with E-state index in [9.17, 15) is 31.1 Å². The monoisotopic (exact) mass is 392 g/mol. The van der Waals surface area contributed by atoms with Gasteiger partial charge in [0.05, 0.1) is 5.56 Å². The van der Waals surface area contributed by atoms with Crippen molar-refractivity contribution in [3.63, 3.8) is 0 Å². The molecule has 0 aliphatic heterocycles. The first-order valence-electron chi connectivity index (χ1n) is 7.60. The molecule has 2 rings (SSSR count). The quantitative estimate of drug-likeness (QED) is 0.706. The first-order valence-corrected chi connectivity index (χ1v) is 7.60. The standard InChI is InChI=1S/C17H14F6N2O2/c18-16(19,20)12-3-1-2-11(10-12)8-9-24-15(26)25-13-4-6-14(7-5-13)27-17(21,22)23/h1-7,10H,8-9H2,(H2,24,25,26). The smallest absolute Gasteiger partial charge is 0.406 e. The summed E-state index contributed by atoms with van der Waals surface area (Å²) >= 11 is 0. The fourth-order valence-corrected chi connectivity index (χ4v) is 2.14. The lowest BCUT2D eigenvalue weighted by molar-refractivity contribution is -0.274. The predicted octanol–water partition coefficient (Wildman–Crippen LogP) is 4.97. The molecule has 2 amide bonds. The number of carbonyl (C=O) groups excluding carboxylic acids is 1. The molecule has 0 atom stereocenters. The molecule has 4 nitrogen and oxygen atoms in total. The number of benzene rings is 2. The van der Waals surface area contributed by atoms with Gasteiger partial charge >= 0.3 is 18.6 Å². The van der Waals surface area contributed by atoms with Crippen LogP contribution in [0.4, 0.5) is 36.8 Å². The highest BCUT2D eigenvalue weighted by Gasteiger charge is 2.31. The minimum atomic E-state index is -4.81. The van der Waals surface area contributed by atoms with Crippen molar-refractivity contribution in [1.29, 1.82) is 0 Å². The molecule has 0 bridgehead atoms. The minimum Gasteiger partial charge on any atom is -0.406 e. The molecule has 0 aliphatic carbocycles. The van der Waals surface area contributed by atoms with Crippen molar-refractivity contribution >= 4 is 11.7 Å². The molecule has 0 aromatic heterocycles. The van der Waals surface area contributed by atoms with Crippen molar-refractivity contribution in [2.24, 2.45) is 0 Å². The van der Waals surface area contributed by atoms with E-state index in [4.69, 9.17) is 0 Å². The second kappa shape index (κ2) is 8.19. The van der Waals surface area contributed by atoms with Crippen LogP contribution in [0.1, 0.15) is 11.1 Å². The summed E-state index contributed by atoms with van der Waals surface area (Å²) in [6, 6.07) is 8.59. The molecule has 2 aromatic carbocycles. The van der Waals surface area contributed by atoms with Crippen LogP contribution < -0.4 is 15.4 Å². The summed E-state index contributed by atoms with van der Waals surface area (Å²) in [5, 5.41) is 4.84. The van der Waals surface area contributed by atoms with Gasteiger partial charge < -0.3 is 15.4 Å². The molecular weight excluding hydrogens is 378 g/mol. The molecule has 2 aromatic rings. The topological polar surface area (TPSA) is 50.4 Å². The van der Waals surface area contributed by atoms with Gasteiger partial charge in [0.15, 0.2) is 0 Å². The minimum absolute atomic E-state index is 0.0718. The van der Waals surface area contributed by atoms with Crippen LogP contribution in [-0.4, -0.2) is 18.9 Å². The van der Waals surface area contributed by atoms with E-state index >= 15 is 0 Å². The molecule has 0 saturated carbocycles. The van der Waals surface area contributed by atoms with E-state index in [-0.39, 0.29) is 18.7 Å². The molecule has 2 N–H and O–H groups in total. The van der Waals surface area contributed by atoms with Crippen LogP contribution in [-0.2, 0) is 12.6 Å². The fourth-order valence-electron chi connectivity index (χ4n) is 2.14. The van der Waals surface area contributed by atoms with Crippen LogP contribution in [0, 0.1) is 0 Å². The van der Waals surface area contributed by atoms with E-state index in [2.05, 4.69) is 15.4 Å². The van der Waals surface area contributed by atoms with Crippen LogP contribution in [0.3, 0.4) is 0 Å². The van der Waals surface area contributed by atoms with Crippen LogP contribution in [0.25, 0.3) is 0 Å². The highest BCUT2D eigenvalue weighted by Crippen LogP contribution is 2.29. The average molecular weight is 392 g/mol. The number of halogens is 6.